The van der Waals surface area contributed by atoms with Crippen LogP contribution in [0.25, 0.3) is 0 Å². The number of nitrogens with one attached hydrogen (secondary N) is 1. The van der Waals surface area contributed by atoms with Crippen LogP contribution in [0.3, 0.4) is 0 Å². The molecule has 1 rings (SSSR count). The molecule has 4 nitrogen and oxygen atoms in total. The van der Waals surface area contributed by atoms with Gasteiger partial charge in [-0.25, -0.2) is 0 Å². The number of hydrogen-bond acceptors (Lipinski definition) is 5. The first-order valence-corrected chi connectivity index (χ1v) is 4.59. The second kappa shape index (κ2) is 4.49. The van der Waals surface area contributed by atoms with Crippen molar-refractivity contribution in [2.45, 2.75) is 19.6 Å². The van der Waals surface area contributed by atoms with E-state index in [1.807, 2.05) is 14.0 Å². The van der Waals surface area contributed by atoms with E-state index in [9.17, 15) is 0 Å². The molecule has 1 aromatic heterocycles. The molecule has 0 aromatic carbocycles. The lowest BCUT2D eigenvalue weighted by atomic mass is 10.4. The van der Waals surface area contributed by atoms with E-state index in [0.29, 0.717) is 0 Å². The molecule has 0 bridgehead atoms. The van der Waals surface area contributed by atoms with Crippen LogP contribution in [-0.4, -0.2) is 24.4 Å². The third-order valence-electron chi connectivity index (χ3n) is 1.51. The summed E-state index contributed by atoms with van der Waals surface area (Å²) in [5, 5.41) is 13.0. The summed E-state index contributed by atoms with van der Waals surface area (Å²) in [6.07, 6.45) is 0.0492. The summed E-state index contributed by atoms with van der Waals surface area (Å²) in [5.41, 5.74) is 0. The number of nitrogens with zero attached hydrogens (tertiary/aromatic N) is 2. The number of methoxy groups -OCH3 is 1. The van der Waals surface area contributed by atoms with Crippen LogP contribution in [0.2, 0.25) is 0 Å². The minimum Gasteiger partial charge on any atom is -0.374 e. The Morgan fingerprint density at radius 1 is 1.58 bits per heavy atom. The molecule has 5 heteroatoms. The Bertz CT molecular complexity index is 238. The summed E-state index contributed by atoms with van der Waals surface area (Å²) in [7, 11) is 3.56. The third kappa shape index (κ3) is 2.23. The van der Waals surface area contributed by atoms with Crippen molar-refractivity contribution < 1.29 is 4.74 Å². The van der Waals surface area contributed by atoms with Crippen LogP contribution in [0.4, 0.5) is 0 Å². The molecule has 0 saturated carbocycles. The Hall–Kier alpha value is -0.520. The monoisotopic (exact) mass is 187 g/mol. The highest BCUT2D eigenvalue weighted by Crippen LogP contribution is 2.19. The van der Waals surface area contributed by atoms with Gasteiger partial charge in [0.1, 0.15) is 16.1 Å². The molecule has 0 fully saturated rings. The molecule has 0 aliphatic carbocycles. The zero-order valence-corrected chi connectivity index (χ0v) is 8.31. The van der Waals surface area contributed by atoms with Crippen LogP contribution >= 0.6 is 11.3 Å². The van der Waals surface area contributed by atoms with Gasteiger partial charge < -0.3 is 10.1 Å². The van der Waals surface area contributed by atoms with Crippen LogP contribution in [0.1, 0.15) is 23.0 Å². The first-order chi connectivity index (χ1) is 5.77. The number of aromatic nitrogens is 2. The fourth-order valence-electron chi connectivity index (χ4n) is 0.754. The molecule has 68 valence electrons. The highest BCUT2D eigenvalue weighted by molar-refractivity contribution is 7.11. The van der Waals surface area contributed by atoms with E-state index in [4.69, 9.17) is 4.74 Å². The van der Waals surface area contributed by atoms with E-state index in [-0.39, 0.29) is 6.10 Å². The number of ether oxygens (including phenoxy) is 1. The normalized spacial score (nSPS) is 13.2. The Balaban J connectivity index is 2.63. The van der Waals surface area contributed by atoms with Gasteiger partial charge in [0.25, 0.3) is 0 Å². The van der Waals surface area contributed by atoms with Crippen molar-refractivity contribution in [2.24, 2.45) is 0 Å². The van der Waals surface area contributed by atoms with Gasteiger partial charge in [-0.05, 0) is 14.0 Å². The van der Waals surface area contributed by atoms with Crippen LogP contribution in [0.15, 0.2) is 0 Å². The average molecular weight is 187 g/mol. The van der Waals surface area contributed by atoms with Gasteiger partial charge in [-0.15, -0.1) is 10.2 Å². The van der Waals surface area contributed by atoms with Gasteiger partial charge in [-0.1, -0.05) is 11.3 Å². The molecular weight excluding hydrogens is 174 g/mol. The molecule has 0 spiro atoms. The van der Waals surface area contributed by atoms with Crippen LogP contribution in [0, 0.1) is 0 Å². The number of rotatable bonds is 4. The fraction of sp³-hybridized carbons (Fsp3) is 0.714. The molecule has 1 unspecified atom stereocenters. The highest BCUT2D eigenvalue weighted by Gasteiger charge is 2.09. The lowest BCUT2D eigenvalue weighted by Crippen LogP contribution is -2.04. The molecule has 1 aromatic rings. The van der Waals surface area contributed by atoms with Gasteiger partial charge in [-0.2, -0.15) is 0 Å². The maximum absolute atomic E-state index is 5.12. The van der Waals surface area contributed by atoms with Gasteiger partial charge in [0.05, 0.1) is 0 Å². The second-order valence-electron chi connectivity index (χ2n) is 2.44. The predicted molar refractivity (Wildman–Crippen MR) is 48.1 cm³/mol. The molecule has 0 radical (unpaired) electrons. The molecule has 0 aliphatic rings. The van der Waals surface area contributed by atoms with Crippen molar-refractivity contribution in [1.82, 2.24) is 15.5 Å². The van der Waals surface area contributed by atoms with E-state index in [1.165, 1.54) is 0 Å². The standard InChI is InChI=1S/C7H13N3OS/c1-5(11-3)7-10-9-6(12-7)4-8-2/h5,8H,4H2,1-3H3. The SMILES string of the molecule is CNCc1nnc(C(C)OC)s1. The van der Waals surface area contributed by atoms with Crippen molar-refractivity contribution in [3.05, 3.63) is 10.0 Å². The van der Waals surface area contributed by atoms with Gasteiger partial charge in [0, 0.05) is 13.7 Å². The molecule has 1 atom stereocenters. The maximum Gasteiger partial charge on any atom is 0.146 e. The zero-order chi connectivity index (χ0) is 8.97. The Kier molecular flexibility index (Phi) is 3.58. The largest absolute Gasteiger partial charge is 0.374 e. The van der Waals surface area contributed by atoms with Crippen molar-refractivity contribution in [2.75, 3.05) is 14.2 Å². The highest BCUT2D eigenvalue weighted by atomic mass is 32.1. The van der Waals surface area contributed by atoms with Gasteiger partial charge in [0.15, 0.2) is 0 Å². The predicted octanol–water partition coefficient (Wildman–Crippen LogP) is 0.965. The summed E-state index contributed by atoms with van der Waals surface area (Å²) in [6, 6.07) is 0. The first-order valence-electron chi connectivity index (χ1n) is 3.77. The minimum absolute atomic E-state index is 0.0492. The van der Waals surface area contributed by atoms with E-state index >= 15 is 0 Å². The van der Waals surface area contributed by atoms with E-state index in [0.717, 1.165) is 16.6 Å². The zero-order valence-electron chi connectivity index (χ0n) is 7.50. The molecule has 0 saturated heterocycles. The first kappa shape index (κ1) is 9.57. The van der Waals surface area contributed by atoms with Crippen molar-refractivity contribution in [3.63, 3.8) is 0 Å². The molecule has 1 N–H and O–H groups in total. The Labute approximate surface area is 76.0 Å². The van der Waals surface area contributed by atoms with Crippen LogP contribution in [0.5, 0.6) is 0 Å². The van der Waals surface area contributed by atoms with Gasteiger partial charge >= 0.3 is 0 Å². The average Bonchev–Trinajstić information content (AvgIpc) is 2.52. The van der Waals surface area contributed by atoms with Crippen molar-refractivity contribution in [3.8, 4) is 0 Å². The van der Waals surface area contributed by atoms with Crippen molar-refractivity contribution >= 4 is 11.3 Å². The van der Waals surface area contributed by atoms with Crippen LogP contribution < -0.4 is 5.32 Å². The third-order valence-corrected chi connectivity index (χ3v) is 2.60. The van der Waals surface area contributed by atoms with E-state index < -0.39 is 0 Å². The van der Waals surface area contributed by atoms with Crippen molar-refractivity contribution in [1.29, 1.82) is 0 Å². The summed E-state index contributed by atoms with van der Waals surface area (Å²) >= 11 is 1.58. The lowest BCUT2D eigenvalue weighted by Gasteiger charge is -2.01. The summed E-state index contributed by atoms with van der Waals surface area (Å²) in [6.45, 7) is 2.73. The molecular formula is C7H13N3OS. The molecule has 0 aliphatic heterocycles. The van der Waals surface area contributed by atoms with Crippen LogP contribution in [-0.2, 0) is 11.3 Å². The lowest BCUT2D eigenvalue weighted by molar-refractivity contribution is 0.118. The Morgan fingerprint density at radius 2 is 2.33 bits per heavy atom. The topological polar surface area (TPSA) is 47.0 Å². The quantitative estimate of drug-likeness (QED) is 0.763. The molecule has 12 heavy (non-hydrogen) atoms. The fourth-order valence-corrected chi connectivity index (χ4v) is 1.64. The minimum atomic E-state index is 0.0492. The van der Waals surface area contributed by atoms with E-state index in [1.54, 1.807) is 18.4 Å². The maximum atomic E-state index is 5.12. The summed E-state index contributed by atoms with van der Waals surface area (Å²) in [5.74, 6) is 0. The van der Waals surface area contributed by atoms with Gasteiger partial charge in [0.2, 0.25) is 0 Å². The summed E-state index contributed by atoms with van der Waals surface area (Å²) in [4.78, 5) is 0. The van der Waals surface area contributed by atoms with Gasteiger partial charge in [-0.3, -0.25) is 0 Å². The Morgan fingerprint density at radius 3 is 2.92 bits per heavy atom. The summed E-state index contributed by atoms with van der Waals surface area (Å²) < 4.78 is 5.12. The number of hydrogen-bond donors (Lipinski definition) is 1. The van der Waals surface area contributed by atoms with E-state index in [2.05, 4.69) is 15.5 Å². The smallest absolute Gasteiger partial charge is 0.146 e. The second-order valence-corrected chi connectivity index (χ2v) is 3.54. The molecule has 0 amide bonds. The molecule has 1 heterocycles.